The number of aryl methyl sites for hydroxylation is 1. The van der Waals surface area contributed by atoms with Crippen LogP contribution in [0.4, 0.5) is 0 Å². The lowest BCUT2D eigenvalue weighted by molar-refractivity contribution is 0.00284. The van der Waals surface area contributed by atoms with E-state index in [-0.39, 0.29) is 18.0 Å². The van der Waals surface area contributed by atoms with Gasteiger partial charge in [0, 0.05) is 13.2 Å². The van der Waals surface area contributed by atoms with Crippen molar-refractivity contribution in [1.82, 2.24) is 9.78 Å². The number of carbonyl (C=O) groups excluding carboxylic acids is 1. The first-order valence-electron chi connectivity index (χ1n) is 4.55. The first kappa shape index (κ1) is 10.9. The van der Waals surface area contributed by atoms with Gasteiger partial charge in [-0.25, -0.2) is 0 Å². The van der Waals surface area contributed by atoms with Gasteiger partial charge in [0.2, 0.25) is 5.78 Å². The molecule has 1 rings (SSSR count). The lowest BCUT2D eigenvalue weighted by Crippen LogP contribution is -2.23. The van der Waals surface area contributed by atoms with E-state index < -0.39 is 0 Å². The third-order valence-electron chi connectivity index (χ3n) is 1.64. The highest BCUT2D eigenvalue weighted by atomic mass is 16.5. The molecule has 0 N–H and O–H groups in total. The number of carbonyl (C=O) groups is 1. The Morgan fingerprint density at radius 2 is 2.21 bits per heavy atom. The molecule has 0 aromatic carbocycles. The smallest absolute Gasteiger partial charge is 0.208 e. The fourth-order valence-corrected chi connectivity index (χ4v) is 0.920. The largest absolute Gasteiger partial charge is 0.368 e. The second-order valence-corrected chi connectivity index (χ2v) is 4.20. The first-order valence-corrected chi connectivity index (χ1v) is 4.55. The molecule has 0 saturated heterocycles. The van der Waals surface area contributed by atoms with Crippen molar-refractivity contribution in [3.63, 3.8) is 0 Å². The molecule has 0 amide bonds. The van der Waals surface area contributed by atoms with Gasteiger partial charge in [0.1, 0.15) is 12.3 Å². The van der Waals surface area contributed by atoms with Crippen molar-refractivity contribution in [1.29, 1.82) is 0 Å². The maximum Gasteiger partial charge on any atom is 0.208 e. The SMILES string of the molecule is Cn1ccc(C(=O)COC(C)(C)C)n1. The van der Waals surface area contributed by atoms with Crippen molar-refractivity contribution in [3.05, 3.63) is 18.0 Å². The van der Waals surface area contributed by atoms with Gasteiger partial charge in [0.25, 0.3) is 0 Å². The average molecular weight is 196 g/mol. The molecule has 4 heteroatoms. The van der Waals surface area contributed by atoms with Crippen molar-refractivity contribution in [2.75, 3.05) is 6.61 Å². The van der Waals surface area contributed by atoms with Crippen molar-refractivity contribution < 1.29 is 9.53 Å². The van der Waals surface area contributed by atoms with Crippen LogP contribution in [0.15, 0.2) is 12.3 Å². The molecule has 0 unspecified atom stereocenters. The summed E-state index contributed by atoms with van der Waals surface area (Å²) in [6, 6.07) is 1.69. The third kappa shape index (κ3) is 3.30. The summed E-state index contributed by atoms with van der Waals surface area (Å²) in [6.45, 7) is 5.83. The second kappa shape index (κ2) is 3.92. The normalized spacial score (nSPS) is 11.7. The van der Waals surface area contributed by atoms with Gasteiger partial charge >= 0.3 is 0 Å². The number of hydrogen-bond acceptors (Lipinski definition) is 3. The van der Waals surface area contributed by atoms with Crippen LogP contribution in [0.1, 0.15) is 31.3 Å². The van der Waals surface area contributed by atoms with Crippen LogP contribution in [0.3, 0.4) is 0 Å². The average Bonchev–Trinajstić information content (AvgIpc) is 2.46. The van der Waals surface area contributed by atoms with E-state index in [2.05, 4.69) is 5.10 Å². The van der Waals surface area contributed by atoms with Crippen LogP contribution in [0, 0.1) is 0 Å². The molecule has 1 aromatic rings. The summed E-state index contributed by atoms with van der Waals surface area (Å²) in [5, 5.41) is 4.00. The summed E-state index contributed by atoms with van der Waals surface area (Å²) >= 11 is 0. The van der Waals surface area contributed by atoms with Crippen LogP contribution < -0.4 is 0 Å². The Hall–Kier alpha value is -1.16. The topological polar surface area (TPSA) is 44.1 Å². The van der Waals surface area contributed by atoms with Crippen LogP contribution in [-0.4, -0.2) is 27.8 Å². The number of nitrogens with zero attached hydrogens (tertiary/aromatic N) is 2. The predicted octanol–water partition coefficient (Wildman–Crippen LogP) is 1.42. The highest BCUT2D eigenvalue weighted by Gasteiger charge is 2.15. The molecule has 0 aliphatic heterocycles. The Morgan fingerprint density at radius 1 is 1.57 bits per heavy atom. The van der Waals surface area contributed by atoms with Crippen molar-refractivity contribution in [2.45, 2.75) is 26.4 Å². The van der Waals surface area contributed by atoms with Gasteiger partial charge in [-0.05, 0) is 26.8 Å². The fraction of sp³-hybridized carbons (Fsp3) is 0.600. The quantitative estimate of drug-likeness (QED) is 0.687. The molecule has 1 aromatic heterocycles. The highest BCUT2D eigenvalue weighted by molar-refractivity contribution is 5.95. The fourth-order valence-electron chi connectivity index (χ4n) is 0.920. The van der Waals surface area contributed by atoms with E-state index in [1.54, 1.807) is 24.0 Å². The molecule has 4 nitrogen and oxygen atoms in total. The first-order chi connectivity index (χ1) is 6.38. The lowest BCUT2D eigenvalue weighted by atomic mass is 10.2. The molecule has 0 bridgehead atoms. The number of Topliss-reactive ketones (excluding diaryl/α,β-unsaturated/α-hetero) is 1. The van der Waals surface area contributed by atoms with Gasteiger partial charge in [-0.2, -0.15) is 5.10 Å². The molecule has 0 aliphatic carbocycles. The minimum atomic E-state index is -0.287. The zero-order valence-corrected chi connectivity index (χ0v) is 9.07. The molecule has 0 fully saturated rings. The van der Waals surface area contributed by atoms with E-state index in [1.165, 1.54) is 0 Å². The van der Waals surface area contributed by atoms with Crippen LogP contribution in [0.5, 0.6) is 0 Å². The van der Waals surface area contributed by atoms with E-state index in [0.29, 0.717) is 5.69 Å². The Balaban J connectivity index is 2.52. The summed E-state index contributed by atoms with van der Waals surface area (Å²) in [6.07, 6.45) is 1.74. The summed E-state index contributed by atoms with van der Waals surface area (Å²) in [4.78, 5) is 11.5. The number of ketones is 1. The van der Waals surface area contributed by atoms with Gasteiger partial charge in [-0.1, -0.05) is 0 Å². The van der Waals surface area contributed by atoms with Crippen LogP contribution in [0.2, 0.25) is 0 Å². The van der Waals surface area contributed by atoms with Gasteiger partial charge in [-0.15, -0.1) is 0 Å². The Labute approximate surface area is 83.9 Å². The molecule has 0 aliphatic rings. The Bertz CT molecular complexity index is 323. The highest BCUT2D eigenvalue weighted by Crippen LogP contribution is 2.07. The molecule has 0 radical (unpaired) electrons. The number of aromatic nitrogens is 2. The molecular formula is C10H16N2O2. The van der Waals surface area contributed by atoms with E-state index in [0.717, 1.165) is 0 Å². The van der Waals surface area contributed by atoms with Crippen LogP contribution in [-0.2, 0) is 11.8 Å². The molecule has 0 spiro atoms. The zero-order chi connectivity index (χ0) is 10.8. The minimum absolute atomic E-state index is 0.0828. The Morgan fingerprint density at radius 3 is 2.64 bits per heavy atom. The number of rotatable bonds is 3. The summed E-state index contributed by atoms with van der Waals surface area (Å²) in [5.74, 6) is -0.0828. The third-order valence-corrected chi connectivity index (χ3v) is 1.64. The van der Waals surface area contributed by atoms with Crippen molar-refractivity contribution in [2.24, 2.45) is 7.05 Å². The molecule has 0 atom stereocenters. The van der Waals surface area contributed by atoms with E-state index in [4.69, 9.17) is 4.74 Å². The maximum absolute atomic E-state index is 11.5. The monoisotopic (exact) mass is 196 g/mol. The van der Waals surface area contributed by atoms with Gasteiger partial charge in [-0.3, -0.25) is 9.48 Å². The molecule has 78 valence electrons. The van der Waals surface area contributed by atoms with E-state index in [1.807, 2.05) is 20.8 Å². The van der Waals surface area contributed by atoms with E-state index >= 15 is 0 Å². The molecule has 1 heterocycles. The van der Waals surface area contributed by atoms with Crippen molar-refractivity contribution >= 4 is 5.78 Å². The zero-order valence-electron chi connectivity index (χ0n) is 9.07. The Kier molecular flexibility index (Phi) is 3.06. The molecular weight excluding hydrogens is 180 g/mol. The predicted molar refractivity (Wildman–Crippen MR) is 53.2 cm³/mol. The standard InChI is InChI=1S/C10H16N2O2/c1-10(2,3)14-7-9(13)8-5-6-12(4)11-8/h5-6H,7H2,1-4H3. The number of ether oxygens (including phenoxy) is 1. The van der Waals surface area contributed by atoms with Gasteiger partial charge in [0.15, 0.2) is 0 Å². The van der Waals surface area contributed by atoms with Crippen LogP contribution in [0.25, 0.3) is 0 Å². The molecule has 0 saturated carbocycles. The molecule has 14 heavy (non-hydrogen) atoms. The summed E-state index contributed by atoms with van der Waals surface area (Å²) < 4.78 is 6.96. The van der Waals surface area contributed by atoms with Gasteiger partial charge < -0.3 is 4.74 Å². The van der Waals surface area contributed by atoms with Crippen LogP contribution >= 0.6 is 0 Å². The van der Waals surface area contributed by atoms with Crippen molar-refractivity contribution in [3.8, 4) is 0 Å². The maximum atomic E-state index is 11.5. The second-order valence-electron chi connectivity index (χ2n) is 4.20. The minimum Gasteiger partial charge on any atom is -0.368 e. The summed E-state index contributed by atoms with van der Waals surface area (Å²) in [5.41, 5.74) is 0.168. The summed E-state index contributed by atoms with van der Waals surface area (Å²) in [7, 11) is 1.78. The lowest BCUT2D eigenvalue weighted by Gasteiger charge is -2.18. The number of hydrogen-bond donors (Lipinski definition) is 0. The van der Waals surface area contributed by atoms with Gasteiger partial charge in [0.05, 0.1) is 5.60 Å². The van der Waals surface area contributed by atoms with E-state index in [9.17, 15) is 4.79 Å².